The summed E-state index contributed by atoms with van der Waals surface area (Å²) in [6.45, 7) is 0.732. The monoisotopic (exact) mass is 366 g/mol. The fraction of sp³-hybridized carbons (Fsp3) is 0.250. The minimum atomic E-state index is -0.989. The number of carboxylic acids is 1. The summed E-state index contributed by atoms with van der Waals surface area (Å²) in [6.07, 6.45) is 0.661. The molecule has 2 aromatic carbocycles. The molecule has 7 nitrogen and oxygen atoms in total. The highest BCUT2D eigenvalue weighted by Crippen LogP contribution is 2.31. The Labute approximate surface area is 155 Å². The first-order valence-electron chi connectivity index (χ1n) is 8.68. The molecule has 2 aromatic rings. The lowest BCUT2D eigenvalue weighted by Crippen LogP contribution is -2.47. The van der Waals surface area contributed by atoms with Crippen LogP contribution in [0.1, 0.15) is 21.5 Å². The van der Waals surface area contributed by atoms with E-state index in [1.165, 1.54) is 4.90 Å². The molecule has 0 unspecified atom stereocenters. The number of rotatable bonds is 3. The van der Waals surface area contributed by atoms with Crippen LogP contribution in [0.25, 0.3) is 0 Å². The van der Waals surface area contributed by atoms with E-state index < -0.39 is 5.97 Å². The zero-order chi connectivity index (χ0) is 19.0. The van der Waals surface area contributed by atoms with E-state index in [-0.39, 0.29) is 30.5 Å². The van der Waals surface area contributed by atoms with Crippen molar-refractivity contribution < 1.29 is 24.2 Å². The molecule has 2 amide bonds. The summed E-state index contributed by atoms with van der Waals surface area (Å²) in [5, 5.41) is 9.16. The summed E-state index contributed by atoms with van der Waals surface area (Å²) < 4.78 is 5.40. The first-order chi connectivity index (χ1) is 13.0. The number of anilines is 1. The van der Waals surface area contributed by atoms with Gasteiger partial charge in [-0.2, -0.15) is 0 Å². The maximum Gasteiger partial charge on any atom is 0.335 e. The molecule has 0 bridgehead atoms. The number of fused-ring (bicyclic) bond motifs is 2. The van der Waals surface area contributed by atoms with Crippen molar-refractivity contribution in [2.45, 2.75) is 13.0 Å². The fourth-order valence-corrected chi connectivity index (χ4v) is 3.47. The lowest BCUT2D eigenvalue weighted by molar-refractivity contribution is -0.132. The number of para-hydroxylation sites is 2. The van der Waals surface area contributed by atoms with Gasteiger partial charge in [0.25, 0.3) is 5.91 Å². The van der Waals surface area contributed by atoms with E-state index in [1.807, 2.05) is 12.1 Å². The van der Waals surface area contributed by atoms with Crippen LogP contribution in [0.15, 0.2) is 42.5 Å². The summed E-state index contributed by atoms with van der Waals surface area (Å²) in [4.78, 5) is 39.4. The molecule has 0 atom stereocenters. The van der Waals surface area contributed by atoms with E-state index in [9.17, 15) is 14.4 Å². The van der Waals surface area contributed by atoms with Crippen molar-refractivity contribution in [1.29, 1.82) is 0 Å². The Morgan fingerprint density at radius 3 is 2.74 bits per heavy atom. The highest BCUT2D eigenvalue weighted by atomic mass is 16.5. The van der Waals surface area contributed by atoms with E-state index in [0.29, 0.717) is 30.9 Å². The minimum Gasteiger partial charge on any atom is -0.482 e. The molecule has 0 saturated carbocycles. The molecular weight excluding hydrogens is 348 g/mol. The van der Waals surface area contributed by atoms with Crippen molar-refractivity contribution in [1.82, 2.24) is 4.90 Å². The molecule has 2 heterocycles. The summed E-state index contributed by atoms with van der Waals surface area (Å²) in [6, 6.07) is 12.1. The molecule has 0 radical (unpaired) electrons. The smallest absolute Gasteiger partial charge is 0.335 e. The van der Waals surface area contributed by atoms with Crippen molar-refractivity contribution in [3.05, 3.63) is 59.2 Å². The van der Waals surface area contributed by atoms with Crippen molar-refractivity contribution in [3.63, 3.8) is 0 Å². The zero-order valence-electron chi connectivity index (χ0n) is 14.6. The van der Waals surface area contributed by atoms with Crippen LogP contribution in [0.4, 0.5) is 5.69 Å². The molecule has 0 spiro atoms. The summed E-state index contributed by atoms with van der Waals surface area (Å²) in [5.41, 5.74) is 2.69. The maximum atomic E-state index is 12.8. The van der Waals surface area contributed by atoms with Crippen LogP contribution in [0.2, 0.25) is 0 Å². The third-order valence-electron chi connectivity index (χ3n) is 4.92. The lowest BCUT2D eigenvalue weighted by atomic mass is 9.97. The van der Waals surface area contributed by atoms with Gasteiger partial charge in [-0.1, -0.05) is 18.2 Å². The average molecular weight is 366 g/mol. The van der Waals surface area contributed by atoms with Gasteiger partial charge in [0.2, 0.25) is 5.91 Å². The molecule has 4 rings (SSSR count). The number of carbonyl (C=O) groups excluding carboxylic acids is 2. The van der Waals surface area contributed by atoms with Gasteiger partial charge in [-0.3, -0.25) is 14.5 Å². The van der Waals surface area contributed by atoms with Gasteiger partial charge in [-0.05, 0) is 41.8 Å². The predicted octanol–water partition coefficient (Wildman–Crippen LogP) is 1.70. The van der Waals surface area contributed by atoms with Crippen molar-refractivity contribution in [2.75, 3.05) is 24.6 Å². The van der Waals surface area contributed by atoms with E-state index >= 15 is 0 Å². The highest BCUT2D eigenvalue weighted by Gasteiger charge is 2.30. The Hall–Kier alpha value is -3.35. The van der Waals surface area contributed by atoms with Crippen LogP contribution in [-0.2, 0) is 22.6 Å². The fourth-order valence-electron chi connectivity index (χ4n) is 3.47. The number of amides is 2. The number of hydrogen-bond donors (Lipinski definition) is 1. The van der Waals surface area contributed by atoms with Crippen LogP contribution in [0.3, 0.4) is 0 Å². The van der Waals surface area contributed by atoms with Gasteiger partial charge in [0.05, 0.1) is 11.3 Å². The van der Waals surface area contributed by atoms with Gasteiger partial charge < -0.3 is 14.7 Å². The molecule has 0 fully saturated rings. The number of nitrogens with zero attached hydrogens (tertiary/aromatic N) is 2. The molecule has 0 saturated heterocycles. The third kappa shape index (κ3) is 3.23. The van der Waals surface area contributed by atoms with Crippen LogP contribution in [-0.4, -0.2) is 47.5 Å². The number of carbonyl (C=O) groups is 3. The van der Waals surface area contributed by atoms with Gasteiger partial charge in [-0.15, -0.1) is 0 Å². The van der Waals surface area contributed by atoms with E-state index in [4.69, 9.17) is 9.84 Å². The summed E-state index contributed by atoms with van der Waals surface area (Å²) in [7, 11) is 0. The second kappa shape index (κ2) is 6.75. The zero-order valence-corrected chi connectivity index (χ0v) is 14.6. The lowest BCUT2D eigenvalue weighted by Gasteiger charge is -2.33. The Balaban J connectivity index is 1.52. The molecule has 0 aromatic heterocycles. The van der Waals surface area contributed by atoms with Gasteiger partial charge in [-0.25, -0.2) is 4.79 Å². The van der Waals surface area contributed by atoms with E-state index in [0.717, 1.165) is 11.1 Å². The second-order valence-corrected chi connectivity index (χ2v) is 6.59. The molecule has 27 heavy (non-hydrogen) atoms. The standard InChI is InChI=1S/C20H18N2O5/c23-18(11-22-16-3-1-2-4-17(16)27-12-19(22)24)21-8-7-13-5-6-14(20(25)26)9-15(13)10-21/h1-6,9H,7-8,10-12H2,(H,25,26). The average Bonchev–Trinajstić information content (AvgIpc) is 2.69. The molecule has 2 aliphatic rings. The molecule has 138 valence electrons. The summed E-state index contributed by atoms with van der Waals surface area (Å²) >= 11 is 0. The molecule has 0 aliphatic carbocycles. The van der Waals surface area contributed by atoms with Crippen LogP contribution < -0.4 is 9.64 Å². The SMILES string of the molecule is O=C(O)c1ccc2c(c1)CN(C(=O)CN1C(=O)COc3ccccc31)CC2. The van der Waals surface area contributed by atoms with Crippen LogP contribution in [0.5, 0.6) is 5.75 Å². The minimum absolute atomic E-state index is 0.0623. The van der Waals surface area contributed by atoms with Crippen molar-refractivity contribution in [3.8, 4) is 5.75 Å². The molecular formula is C20H18N2O5. The molecule has 1 N–H and O–H groups in total. The first kappa shape index (κ1) is 17.1. The number of aromatic carboxylic acids is 1. The van der Waals surface area contributed by atoms with Gasteiger partial charge >= 0.3 is 5.97 Å². The number of benzene rings is 2. The van der Waals surface area contributed by atoms with Crippen LogP contribution >= 0.6 is 0 Å². The Morgan fingerprint density at radius 1 is 1.11 bits per heavy atom. The predicted molar refractivity (Wildman–Crippen MR) is 96.8 cm³/mol. The second-order valence-electron chi connectivity index (χ2n) is 6.59. The number of carboxylic acid groups (broad SMARTS) is 1. The Bertz CT molecular complexity index is 940. The Morgan fingerprint density at radius 2 is 1.93 bits per heavy atom. The topological polar surface area (TPSA) is 87.2 Å². The highest BCUT2D eigenvalue weighted by molar-refractivity contribution is 6.02. The Kier molecular flexibility index (Phi) is 4.27. The van der Waals surface area contributed by atoms with Crippen molar-refractivity contribution >= 4 is 23.5 Å². The van der Waals surface area contributed by atoms with Crippen LogP contribution in [0, 0.1) is 0 Å². The van der Waals surface area contributed by atoms with Gasteiger partial charge in [0.1, 0.15) is 12.3 Å². The largest absolute Gasteiger partial charge is 0.482 e. The third-order valence-corrected chi connectivity index (χ3v) is 4.92. The quantitative estimate of drug-likeness (QED) is 0.893. The van der Waals surface area contributed by atoms with E-state index in [1.54, 1.807) is 35.2 Å². The van der Waals surface area contributed by atoms with Gasteiger partial charge in [0, 0.05) is 13.1 Å². The normalized spacial score (nSPS) is 15.6. The number of ether oxygens (including phenoxy) is 1. The summed E-state index contributed by atoms with van der Waals surface area (Å²) in [5.74, 6) is -0.837. The molecule has 2 aliphatic heterocycles. The maximum absolute atomic E-state index is 12.8. The van der Waals surface area contributed by atoms with E-state index in [2.05, 4.69) is 0 Å². The number of hydrogen-bond acceptors (Lipinski definition) is 4. The molecule has 7 heteroatoms. The van der Waals surface area contributed by atoms with Gasteiger partial charge in [0.15, 0.2) is 6.61 Å². The van der Waals surface area contributed by atoms with Crippen molar-refractivity contribution in [2.24, 2.45) is 0 Å². The first-order valence-corrected chi connectivity index (χ1v) is 8.68.